The minimum Gasteiger partial charge on any atom is -0.489 e. The van der Waals surface area contributed by atoms with Gasteiger partial charge in [-0.1, -0.05) is 42.4 Å². The Morgan fingerprint density at radius 1 is 0.958 bits per heavy atom. The molecule has 5 aromatic rings. The third-order valence-corrected chi connectivity index (χ3v) is 15.5. The summed E-state index contributed by atoms with van der Waals surface area (Å²) < 4.78 is 41.0. The lowest BCUT2D eigenvalue weighted by molar-refractivity contribution is -0.131. The number of anilines is 3. The fourth-order valence-corrected chi connectivity index (χ4v) is 12.1. The molecule has 1 N–H and O–H groups in total. The number of carbonyl (C=O) groups excluding carboxylic acids is 2. The monoisotopic (exact) mass is 1240 g/mol. The van der Waals surface area contributed by atoms with E-state index in [4.69, 9.17) is 40.5 Å². The molecule has 2 atom stereocenters. The van der Waals surface area contributed by atoms with Crippen molar-refractivity contribution >= 4 is 117 Å². The number of piperazine rings is 1. The molecular weight excluding hydrogens is 1190 g/mol. The molecule has 2 amide bonds. The van der Waals surface area contributed by atoms with Crippen molar-refractivity contribution < 1.29 is 32.9 Å². The van der Waals surface area contributed by atoms with Crippen molar-refractivity contribution in [3.63, 3.8) is 0 Å². The number of hydrogen-bond acceptors (Lipinski definition) is 12. The third-order valence-electron chi connectivity index (χ3n) is 13.4. The maximum atomic E-state index is 14.1. The van der Waals surface area contributed by atoms with E-state index in [9.17, 15) is 19.2 Å². The van der Waals surface area contributed by atoms with E-state index in [2.05, 4.69) is 105 Å². The van der Waals surface area contributed by atoms with E-state index in [0.717, 1.165) is 95.2 Å². The number of nitrogens with one attached hydrogen (secondary N) is 1. The maximum absolute atomic E-state index is 14.1. The average molecular weight is 1240 g/mol. The SMILES string of the molecule is C=C(F)C(=O)N1CCN(c2nc(OCC3CCCN3CCCOCCOCCOc3c(Br)cc(/C=C4\C(=O)Nc5ccc(I)cc54)cc3Br)nc3c2CCN(c2cccc4cccc(Cl)c24)C3)C[C@@H]1CC#N. The fraction of sp³-hybridized carbons (Fsp3) is 0.377. The molecule has 0 radical (unpaired) electrons. The lowest BCUT2D eigenvalue weighted by Gasteiger charge is -2.42. The van der Waals surface area contributed by atoms with Crippen LogP contribution in [0.25, 0.3) is 22.4 Å². The Morgan fingerprint density at radius 2 is 1.74 bits per heavy atom. The standard InChI is InChI=1S/C53H53Br2ClFIN8O6/c1-33(57)52(68)66-20-19-65(30-37(66)13-15-59)50-39-14-18-64(47-10-3-7-35-6-2-9-44(56)48(35)47)31-46(39)61-53(62-50)72-32-38-8-4-16-63(38)17-5-21-69-22-23-70-24-25-71-49-42(54)27-34(28-43(49)55)26-41-40-29-36(58)11-12-45(40)60-51(41)67/h2-3,6-7,9-12,26-29,37-38H,1,4-5,8,13-14,16-25,30-32H2,(H,60,67)/b41-26-/t37-,38?/m0/s1. The Kier molecular flexibility index (Phi) is 17.3. The van der Waals surface area contributed by atoms with Gasteiger partial charge >= 0.3 is 6.01 Å². The molecule has 9 rings (SSSR count). The van der Waals surface area contributed by atoms with Gasteiger partial charge in [-0.25, -0.2) is 4.39 Å². The molecule has 72 heavy (non-hydrogen) atoms. The number of aromatic nitrogens is 2. The molecule has 4 aliphatic heterocycles. The van der Waals surface area contributed by atoms with Crippen LogP contribution in [0.3, 0.4) is 0 Å². The molecule has 4 aromatic carbocycles. The quantitative estimate of drug-likeness (QED) is 0.0477. The number of fused-ring (bicyclic) bond motifs is 3. The van der Waals surface area contributed by atoms with Gasteiger partial charge in [-0.2, -0.15) is 15.2 Å². The van der Waals surface area contributed by atoms with E-state index < -0.39 is 17.8 Å². The fourth-order valence-electron chi connectivity index (χ4n) is 9.93. The summed E-state index contributed by atoms with van der Waals surface area (Å²) in [5.74, 6) is -0.579. The lowest BCUT2D eigenvalue weighted by atomic mass is 10.0. The van der Waals surface area contributed by atoms with E-state index in [0.29, 0.717) is 88.6 Å². The Morgan fingerprint density at radius 3 is 2.53 bits per heavy atom. The predicted octanol–water partition coefficient (Wildman–Crippen LogP) is 10.2. The third kappa shape index (κ3) is 12.0. The summed E-state index contributed by atoms with van der Waals surface area (Å²) in [5, 5.41) is 15.4. The van der Waals surface area contributed by atoms with Crippen molar-refractivity contribution in [3.05, 3.63) is 119 Å². The topological polar surface area (TPSA) is 146 Å². The van der Waals surface area contributed by atoms with Crippen molar-refractivity contribution in [1.29, 1.82) is 5.26 Å². The number of hydrogen-bond donors (Lipinski definition) is 1. The smallest absolute Gasteiger partial charge is 0.318 e. The first-order valence-corrected chi connectivity index (χ1v) is 27.1. The number of amides is 2. The number of benzene rings is 4. The van der Waals surface area contributed by atoms with Gasteiger partial charge in [-0.05, 0) is 146 Å². The van der Waals surface area contributed by atoms with Gasteiger partial charge in [-0.15, -0.1) is 0 Å². The number of nitriles is 1. The first kappa shape index (κ1) is 52.0. The molecule has 19 heteroatoms. The van der Waals surface area contributed by atoms with Crippen molar-refractivity contribution in [2.75, 3.05) is 94.0 Å². The van der Waals surface area contributed by atoms with Crippen LogP contribution in [0.4, 0.5) is 21.6 Å². The molecule has 376 valence electrons. The van der Waals surface area contributed by atoms with Crippen molar-refractivity contribution in [3.8, 4) is 17.8 Å². The summed E-state index contributed by atoms with van der Waals surface area (Å²) in [6, 6.07) is 24.0. The Hall–Kier alpha value is -4.88. The molecule has 5 heterocycles. The maximum Gasteiger partial charge on any atom is 0.318 e. The summed E-state index contributed by atoms with van der Waals surface area (Å²) in [7, 11) is 0. The van der Waals surface area contributed by atoms with E-state index in [-0.39, 0.29) is 30.9 Å². The molecule has 0 spiro atoms. The van der Waals surface area contributed by atoms with Gasteiger partial charge in [0.2, 0.25) is 0 Å². The van der Waals surface area contributed by atoms with Crippen LogP contribution in [0.15, 0.2) is 88.1 Å². The number of halogens is 5. The number of nitrogens with zero attached hydrogens (tertiary/aromatic N) is 7. The van der Waals surface area contributed by atoms with E-state index in [1.165, 1.54) is 4.90 Å². The summed E-state index contributed by atoms with van der Waals surface area (Å²) >= 11 is 16.3. The second-order valence-corrected chi connectivity index (χ2v) is 21.4. The highest BCUT2D eigenvalue weighted by Crippen LogP contribution is 2.40. The van der Waals surface area contributed by atoms with Crippen molar-refractivity contribution in [2.45, 2.75) is 50.7 Å². The van der Waals surface area contributed by atoms with Gasteiger partial charge in [0, 0.05) is 82.4 Å². The van der Waals surface area contributed by atoms with E-state index in [1.54, 1.807) is 0 Å². The van der Waals surface area contributed by atoms with Crippen LogP contribution >= 0.6 is 66.1 Å². The van der Waals surface area contributed by atoms with Crippen LogP contribution in [-0.2, 0) is 32.0 Å². The molecule has 14 nitrogen and oxygen atoms in total. The van der Waals surface area contributed by atoms with E-state index >= 15 is 0 Å². The highest BCUT2D eigenvalue weighted by Gasteiger charge is 2.35. The van der Waals surface area contributed by atoms with Crippen LogP contribution in [0.2, 0.25) is 5.02 Å². The van der Waals surface area contributed by atoms with E-state index in [1.807, 2.05) is 54.6 Å². The Balaban J connectivity index is 0.758. The Labute approximate surface area is 453 Å². The first-order chi connectivity index (χ1) is 34.9. The zero-order valence-electron chi connectivity index (χ0n) is 39.5. The molecule has 0 saturated carbocycles. The first-order valence-electron chi connectivity index (χ1n) is 24.0. The van der Waals surface area contributed by atoms with Gasteiger partial charge in [0.05, 0.1) is 64.6 Å². The van der Waals surface area contributed by atoms with Crippen LogP contribution < -0.4 is 24.6 Å². The number of ether oxygens (including phenoxy) is 4. The van der Waals surface area contributed by atoms with Gasteiger partial charge in [0.25, 0.3) is 11.8 Å². The largest absolute Gasteiger partial charge is 0.489 e. The minimum atomic E-state index is -1.04. The zero-order valence-corrected chi connectivity index (χ0v) is 45.6. The summed E-state index contributed by atoms with van der Waals surface area (Å²) in [6.45, 7) is 9.83. The van der Waals surface area contributed by atoms with Gasteiger partial charge in [0.1, 0.15) is 24.8 Å². The highest BCUT2D eigenvalue weighted by atomic mass is 127. The minimum absolute atomic E-state index is 0.0439. The Bertz CT molecular complexity index is 2920. The highest BCUT2D eigenvalue weighted by molar-refractivity contribution is 14.1. The van der Waals surface area contributed by atoms with Crippen molar-refractivity contribution in [2.24, 2.45) is 0 Å². The normalized spacial score (nSPS) is 18.3. The summed E-state index contributed by atoms with van der Waals surface area (Å²) in [4.78, 5) is 43.8. The number of carbonyl (C=O) groups is 2. The molecule has 0 aliphatic carbocycles. The summed E-state index contributed by atoms with van der Waals surface area (Å²) in [5.41, 5.74) is 6.03. The second-order valence-electron chi connectivity index (χ2n) is 18.0. The number of rotatable bonds is 19. The van der Waals surface area contributed by atoms with Crippen LogP contribution in [0, 0.1) is 14.9 Å². The van der Waals surface area contributed by atoms with Crippen LogP contribution in [0.5, 0.6) is 11.8 Å². The lowest BCUT2D eigenvalue weighted by Crippen LogP contribution is -2.55. The number of likely N-dealkylation sites (tertiary alicyclic amines) is 1. The second kappa shape index (κ2) is 24.0. The summed E-state index contributed by atoms with van der Waals surface area (Å²) in [6.07, 6.45) is 5.47. The van der Waals surface area contributed by atoms with Gasteiger partial charge in [-0.3, -0.25) is 14.5 Å². The van der Waals surface area contributed by atoms with Gasteiger partial charge in [0.15, 0.2) is 5.83 Å². The van der Waals surface area contributed by atoms with Crippen LogP contribution in [-0.4, -0.2) is 123 Å². The molecular formula is C53H53Br2ClFIN8O6. The average Bonchev–Trinajstić information content (AvgIpc) is 3.95. The zero-order chi connectivity index (χ0) is 50.3. The van der Waals surface area contributed by atoms with Gasteiger partial charge < -0.3 is 39.0 Å². The molecule has 4 aliphatic rings. The predicted molar refractivity (Wildman–Crippen MR) is 293 cm³/mol. The molecule has 1 unspecified atom stereocenters. The molecule has 2 saturated heterocycles. The van der Waals surface area contributed by atoms with Crippen molar-refractivity contribution in [1.82, 2.24) is 19.8 Å². The molecule has 1 aromatic heterocycles. The molecule has 0 bridgehead atoms. The molecule has 2 fully saturated rings. The van der Waals surface area contributed by atoms with Crippen LogP contribution in [0.1, 0.15) is 48.1 Å².